The summed E-state index contributed by atoms with van der Waals surface area (Å²) in [6.45, 7) is 2.92. The van der Waals surface area contributed by atoms with Gasteiger partial charge in [0.25, 0.3) is 15.9 Å². The Bertz CT molecular complexity index is 958. The number of carbonyl (C=O) groups is 1. The van der Waals surface area contributed by atoms with Crippen LogP contribution in [0.4, 0.5) is 5.69 Å². The third-order valence-electron chi connectivity index (χ3n) is 4.35. The Morgan fingerprint density at radius 2 is 1.70 bits per heavy atom. The van der Waals surface area contributed by atoms with Gasteiger partial charge in [0.1, 0.15) is 0 Å². The summed E-state index contributed by atoms with van der Waals surface area (Å²) in [5, 5.41) is 0.425. The Balaban J connectivity index is 1.79. The van der Waals surface area contributed by atoms with E-state index >= 15 is 0 Å². The molecular weight excluding hydrogens is 409 g/mol. The minimum atomic E-state index is -3.85. The summed E-state index contributed by atoms with van der Waals surface area (Å²) in [7, 11) is -1.84. The van der Waals surface area contributed by atoms with E-state index in [1.807, 2.05) is 7.05 Å². The molecule has 3 rings (SSSR count). The van der Waals surface area contributed by atoms with Crippen molar-refractivity contribution in [2.75, 3.05) is 37.9 Å². The molecule has 0 aromatic heterocycles. The molecule has 6 nitrogen and oxygen atoms in total. The molecule has 1 aliphatic rings. The van der Waals surface area contributed by atoms with Gasteiger partial charge in [0.15, 0.2) is 0 Å². The third-order valence-corrected chi connectivity index (χ3v) is 6.47. The molecule has 2 aromatic carbocycles. The van der Waals surface area contributed by atoms with Crippen molar-refractivity contribution >= 4 is 44.8 Å². The zero-order chi connectivity index (χ0) is 19.6. The van der Waals surface area contributed by atoms with Crippen molar-refractivity contribution in [2.45, 2.75) is 4.90 Å². The molecule has 0 radical (unpaired) electrons. The van der Waals surface area contributed by atoms with Crippen molar-refractivity contribution < 1.29 is 13.2 Å². The van der Waals surface area contributed by atoms with Crippen LogP contribution in [0.2, 0.25) is 10.0 Å². The Morgan fingerprint density at radius 1 is 1.00 bits per heavy atom. The lowest BCUT2D eigenvalue weighted by molar-refractivity contribution is 0.0664. The van der Waals surface area contributed by atoms with Gasteiger partial charge in [-0.15, -0.1) is 0 Å². The highest BCUT2D eigenvalue weighted by Crippen LogP contribution is 2.26. The topological polar surface area (TPSA) is 69.7 Å². The number of likely N-dealkylation sites (N-methyl/N-ethyl adjacent to an activating group) is 1. The van der Waals surface area contributed by atoms with Crippen LogP contribution in [0.5, 0.6) is 0 Å². The highest BCUT2D eigenvalue weighted by atomic mass is 35.5. The van der Waals surface area contributed by atoms with E-state index in [4.69, 9.17) is 23.2 Å². The third kappa shape index (κ3) is 4.73. The number of nitrogens with one attached hydrogen (secondary N) is 1. The molecule has 0 saturated carbocycles. The van der Waals surface area contributed by atoms with Crippen LogP contribution >= 0.6 is 23.2 Å². The van der Waals surface area contributed by atoms with Crippen molar-refractivity contribution in [3.63, 3.8) is 0 Å². The van der Waals surface area contributed by atoms with E-state index in [-0.39, 0.29) is 20.8 Å². The molecule has 1 aliphatic heterocycles. The van der Waals surface area contributed by atoms with Crippen LogP contribution in [0.1, 0.15) is 10.4 Å². The van der Waals surface area contributed by atoms with Crippen molar-refractivity contribution in [2.24, 2.45) is 0 Å². The van der Waals surface area contributed by atoms with Gasteiger partial charge in [0.05, 0.1) is 14.9 Å². The van der Waals surface area contributed by atoms with E-state index in [2.05, 4.69) is 9.62 Å². The molecule has 0 spiro atoms. The van der Waals surface area contributed by atoms with Crippen LogP contribution in [0.3, 0.4) is 0 Å². The number of benzene rings is 2. The van der Waals surface area contributed by atoms with Gasteiger partial charge in [-0.05, 0) is 43.4 Å². The number of sulfonamides is 1. The molecule has 0 atom stereocenters. The maximum Gasteiger partial charge on any atom is 0.261 e. The summed E-state index contributed by atoms with van der Waals surface area (Å²) in [6, 6.07) is 10.5. The largest absolute Gasteiger partial charge is 0.336 e. The second kappa shape index (κ2) is 8.06. The molecule has 1 N–H and O–H groups in total. The molecule has 0 aliphatic carbocycles. The van der Waals surface area contributed by atoms with Crippen molar-refractivity contribution in [3.8, 4) is 0 Å². The van der Waals surface area contributed by atoms with Crippen LogP contribution in [0, 0.1) is 0 Å². The minimum Gasteiger partial charge on any atom is -0.336 e. The van der Waals surface area contributed by atoms with Crippen LogP contribution in [-0.2, 0) is 10.0 Å². The quantitative estimate of drug-likeness (QED) is 0.812. The molecule has 1 fully saturated rings. The van der Waals surface area contributed by atoms with Crippen LogP contribution in [-0.4, -0.2) is 57.4 Å². The number of piperazine rings is 1. The van der Waals surface area contributed by atoms with Crippen molar-refractivity contribution in [1.29, 1.82) is 0 Å². The lowest BCUT2D eigenvalue weighted by Crippen LogP contribution is -2.47. The smallest absolute Gasteiger partial charge is 0.261 e. The average Bonchev–Trinajstić information content (AvgIpc) is 2.64. The van der Waals surface area contributed by atoms with Crippen LogP contribution < -0.4 is 4.72 Å². The first-order chi connectivity index (χ1) is 12.8. The summed E-state index contributed by atoms with van der Waals surface area (Å²) in [6.07, 6.45) is 0. The molecule has 0 bridgehead atoms. The van der Waals surface area contributed by atoms with Gasteiger partial charge >= 0.3 is 0 Å². The Hall–Kier alpha value is -1.80. The maximum atomic E-state index is 12.7. The lowest BCUT2D eigenvalue weighted by atomic mass is 10.1. The number of halogens is 2. The molecule has 27 heavy (non-hydrogen) atoms. The Labute approximate surface area is 168 Å². The fourth-order valence-electron chi connectivity index (χ4n) is 2.77. The lowest BCUT2D eigenvalue weighted by Gasteiger charge is -2.32. The number of hydrogen-bond acceptors (Lipinski definition) is 4. The number of hydrogen-bond donors (Lipinski definition) is 1. The van der Waals surface area contributed by atoms with E-state index in [9.17, 15) is 13.2 Å². The number of anilines is 1. The second-order valence-corrected chi connectivity index (χ2v) is 8.85. The van der Waals surface area contributed by atoms with Gasteiger partial charge in [-0.2, -0.15) is 0 Å². The van der Waals surface area contributed by atoms with Gasteiger partial charge in [0.2, 0.25) is 0 Å². The Morgan fingerprint density at radius 3 is 2.37 bits per heavy atom. The molecule has 1 saturated heterocycles. The van der Waals surface area contributed by atoms with Gasteiger partial charge in [-0.25, -0.2) is 8.42 Å². The van der Waals surface area contributed by atoms with E-state index in [0.29, 0.717) is 24.3 Å². The number of rotatable bonds is 4. The number of nitrogens with zero attached hydrogens (tertiary/aromatic N) is 2. The summed E-state index contributed by atoms with van der Waals surface area (Å²) < 4.78 is 27.6. The molecule has 2 aromatic rings. The van der Waals surface area contributed by atoms with E-state index in [1.165, 1.54) is 24.3 Å². The van der Waals surface area contributed by atoms with Crippen LogP contribution in [0.15, 0.2) is 47.4 Å². The first kappa shape index (κ1) is 19.9. The molecule has 1 amide bonds. The first-order valence-corrected chi connectivity index (χ1v) is 10.6. The summed E-state index contributed by atoms with van der Waals surface area (Å²) in [5.74, 6) is -0.112. The van der Waals surface area contributed by atoms with Gasteiger partial charge in [0, 0.05) is 37.4 Å². The molecule has 1 heterocycles. The van der Waals surface area contributed by atoms with E-state index in [1.54, 1.807) is 23.1 Å². The van der Waals surface area contributed by atoms with E-state index in [0.717, 1.165) is 13.1 Å². The highest BCUT2D eigenvalue weighted by molar-refractivity contribution is 7.92. The number of amides is 1. The summed E-state index contributed by atoms with van der Waals surface area (Å²) in [5.41, 5.74) is 0.745. The second-order valence-electron chi connectivity index (χ2n) is 6.36. The SMILES string of the molecule is CN1CCN(C(=O)c2cccc(NS(=O)(=O)c3ccc(Cl)c(Cl)c3)c2)CC1. The molecule has 144 valence electrons. The van der Waals surface area contributed by atoms with Gasteiger partial charge in [-0.3, -0.25) is 9.52 Å². The first-order valence-electron chi connectivity index (χ1n) is 8.32. The van der Waals surface area contributed by atoms with Gasteiger partial charge in [-0.1, -0.05) is 29.3 Å². The maximum absolute atomic E-state index is 12.7. The fourth-order valence-corrected chi connectivity index (χ4v) is 4.20. The monoisotopic (exact) mass is 427 g/mol. The summed E-state index contributed by atoms with van der Waals surface area (Å²) >= 11 is 11.7. The predicted molar refractivity (Wildman–Crippen MR) is 107 cm³/mol. The van der Waals surface area contributed by atoms with Crippen LogP contribution in [0.25, 0.3) is 0 Å². The zero-order valence-corrected chi connectivity index (χ0v) is 17.0. The zero-order valence-electron chi connectivity index (χ0n) is 14.7. The highest BCUT2D eigenvalue weighted by Gasteiger charge is 2.21. The molecule has 9 heteroatoms. The molecular formula is C18H19Cl2N3O3S. The Kier molecular flexibility index (Phi) is 5.95. The normalized spacial score (nSPS) is 15.6. The molecule has 0 unspecified atom stereocenters. The average molecular weight is 428 g/mol. The minimum absolute atomic E-state index is 0.00676. The standard InChI is InChI=1S/C18H19Cl2N3O3S/c1-22-7-9-23(10-8-22)18(24)13-3-2-4-14(11-13)21-27(25,26)15-5-6-16(19)17(20)12-15/h2-6,11-12,21H,7-10H2,1H3. The fraction of sp³-hybridized carbons (Fsp3) is 0.278. The summed E-state index contributed by atoms with van der Waals surface area (Å²) in [4.78, 5) is 16.6. The number of carbonyl (C=O) groups excluding carboxylic acids is 1. The van der Waals surface area contributed by atoms with Gasteiger partial charge < -0.3 is 9.80 Å². The van der Waals surface area contributed by atoms with E-state index < -0.39 is 10.0 Å². The van der Waals surface area contributed by atoms with Crippen molar-refractivity contribution in [3.05, 3.63) is 58.1 Å². The van der Waals surface area contributed by atoms with Crippen molar-refractivity contribution in [1.82, 2.24) is 9.80 Å². The predicted octanol–water partition coefficient (Wildman–Crippen LogP) is 3.18.